The van der Waals surface area contributed by atoms with Crippen LogP contribution in [0.4, 0.5) is 0 Å². The van der Waals surface area contributed by atoms with Crippen molar-refractivity contribution in [1.82, 2.24) is 4.57 Å². The highest BCUT2D eigenvalue weighted by Crippen LogP contribution is 2.01. The number of hydrogen-bond donors (Lipinski definition) is 1. The second-order valence-corrected chi connectivity index (χ2v) is 4.81. The molecule has 0 fully saturated rings. The van der Waals surface area contributed by atoms with Gasteiger partial charge in [-0.05, 0) is 24.5 Å². The van der Waals surface area contributed by atoms with Crippen molar-refractivity contribution in [1.29, 1.82) is 0 Å². The predicted octanol–water partition coefficient (Wildman–Crippen LogP) is 1.96. The van der Waals surface area contributed by atoms with Gasteiger partial charge in [-0.25, -0.2) is 0 Å². The van der Waals surface area contributed by atoms with Gasteiger partial charge in [0.15, 0.2) is 0 Å². The summed E-state index contributed by atoms with van der Waals surface area (Å²) in [5.74, 6) is 0. The number of aryl methyl sites for hydroxylation is 2. The van der Waals surface area contributed by atoms with Crippen molar-refractivity contribution in [2.75, 3.05) is 6.26 Å². The summed E-state index contributed by atoms with van der Waals surface area (Å²) in [5, 5.41) is 0. The molecule has 0 atom stereocenters. The Morgan fingerprint density at radius 1 is 1.40 bits per heavy atom. The fourth-order valence-electron chi connectivity index (χ4n) is 1.10. The third-order valence-corrected chi connectivity index (χ3v) is 1.70. The third kappa shape index (κ3) is 9.49. The first kappa shape index (κ1) is 14.2. The Labute approximate surface area is 91.7 Å². The Hall–Kier alpha value is -0.810. The van der Waals surface area contributed by atoms with Crippen molar-refractivity contribution in [2.24, 2.45) is 0 Å². The maximum atomic E-state index is 9.19. The van der Waals surface area contributed by atoms with Gasteiger partial charge in [0.25, 0.3) is 10.1 Å². The first-order chi connectivity index (χ1) is 6.86. The number of nitrogens with zero attached hydrogens (tertiary/aromatic N) is 1. The fourth-order valence-corrected chi connectivity index (χ4v) is 1.10. The Kier molecular flexibility index (Phi) is 6.27. The molecule has 1 heterocycles. The van der Waals surface area contributed by atoms with Crippen molar-refractivity contribution in [3.63, 3.8) is 0 Å². The molecule has 0 aliphatic heterocycles. The molecule has 1 N–H and O–H groups in total. The van der Waals surface area contributed by atoms with Crippen LogP contribution in [0.1, 0.15) is 25.8 Å². The van der Waals surface area contributed by atoms with Gasteiger partial charge in [0.1, 0.15) is 0 Å². The highest BCUT2D eigenvalue weighted by Gasteiger charge is 1.91. The summed E-state index contributed by atoms with van der Waals surface area (Å²) in [7, 11) is -3.67. The minimum atomic E-state index is -3.67. The average molecular weight is 233 g/mol. The summed E-state index contributed by atoms with van der Waals surface area (Å²) in [6, 6.07) is 2.19. The lowest BCUT2D eigenvalue weighted by Gasteiger charge is -1.96. The SMILES string of the molecule is CCCn1ccc(CC)c1.CS(=O)(=O)O. The zero-order valence-corrected chi connectivity index (χ0v) is 10.3. The van der Waals surface area contributed by atoms with E-state index >= 15 is 0 Å². The smallest absolute Gasteiger partial charge is 0.261 e. The van der Waals surface area contributed by atoms with Crippen molar-refractivity contribution >= 4 is 10.1 Å². The van der Waals surface area contributed by atoms with E-state index in [9.17, 15) is 8.42 Å². The van der Waals surface area contributed by atoms with Gasteiger partial charge in [0, 0.05) is 18.9 Å². The summed E-state index contributed by atoms with van der Waals surface area (Å²) in [5.41, 5.74) is 1.44. The molecule has 1 aromatic rings. The van der Waals surface area contributed by atoms with E-state index in [0.717, 1.165) is 13.0 Å². The number of rotatable bonds is 3. The monoisotopic (exact) mass is 233 g/mol. The average Bonchev–Trinajstić information content (AvgIpc) is 2.50. The van der Waals surface area contributed by atoms with Crippen LogP contribution in [0.15, 0.2) is 18.5 Å². The summed E-state index contributed by atoms with van der Waals surface area (Å²) in [4.78, 5) is 0. The molecule has 4 nitrogen and oxygen atoms in total. The normalized spacial score (nSPS) is 10.7. The van der Waals surface area contributed by atoms with Crippen molar-refractivity contribution in [3.8, 4) is 0 Å². The Morgan fingerprint density at radius 2 is 1.93 bits per heavy atom. The summed E-state index contributed by atoms with van der Waals surface area (Å²) < 4.78 is 28.1. The van der Waals surface area contributed by atoms with Crippen molar-refractivity contribution < 1.29 is 13.0 Å². The van der Waals surface area contributed by atoms with Gasteiger partial charge >= 0.3 is 0 Å². The molecule has 0 aliphatic carbocycles. The van der Waals surface area contributed by atoms with Gasteiger partial charge in [0.2, 0.25) is 0 Å². The van der Waals surface area contributed by atoms with Crippen LogP contribution < -0.4 is 0 Å². The molecule has 88 valence electrons. The minimum absolute atomic E-state index is 0.715. The molecule has 0 amide bonds. The summed E-state index contributed by atoms with van der Waals surface area (Å²) in [6.45, 7) is 5.54. The predicted molar refractivity (Wildman–Crippen MR) is 61.6 cm³/mol. The fraction of sp³-hybridized carbons (Fsp3) is 0.600. The van der Waals surface area contributed by atoms with Crippen molar-refractivity contribution in [2.45, 2.75) is 33.2 Å². The Morgan fingerprint density at radius 3 is 2.27 bits per heavy atom. The van der Waals surface area contributed by atoms with Crippen LogP contribution in [-0.4, -0.2) is 23.8 Å². The zero-order valence-electron chi connectivity index (χ0n) is 9.47. The van der Waals surface area contributed by atoms with Gasteiger partial charge in [-0.15, -0.1) is 0 Å². The summed E-state index contributed by atoms with van der Waals surface area (Å²) in [6.07, 6.45) is 7.47. The molecule has 0 bridgehead atoms. The van der Waals surface area contributed by atoms with E-state index in [1.807, 2.05) is 0 Å². The molecular formula is C10H19NO3S. The van der Waals surface area contributed by atoms with Gasteiger partial charge < -0.3 is 4.57 Å². The molecule has 0 radical (unpaired) electrons. The molecule has 0 aliphatic rings. The van der Waals surface area contributed by atoms with Crippen LogP contribution in [0, 0.1) is 0 Å². The largest absolute Gasteiger partial charge is 0.354 e. The van der Waals surface area contributed by atoms with Crippen LogP contribution in [-0.2, 0) is 23.1 Å². The zero-order chi connectivity index (χ0) is 11.9. The standard InChI is InChI=1S/C9H15N.CH4O3S/c1-3-6-10-7-5-9(4-2)8-10;1-5(2,3)4/h5,7-8H,3-4,6H2,1-2H3;1H3,(H,2,3,4). The molecule has 1 rings (SSSR count). The van der Waals surface area contributed by atoms with E-state index < -0.39 is 10.1 Å². The van der Waals surface area contributed by atoms with Gasteiger partial charge in [0.05, 0.1) is 6.26 Å². The molecule has 0 spiro atoms. The molecular weight excluding hydrogens is 214 g/mol. The van der Waals surface area contributed by atoms with E-state index in [-0.39, 0.29) is 0 Å². The van der Waals surface area contributed by atoms with Gasteiger partial charge in [-0.3, -0.25) is 4.55 Å². The summed E-state index contributed by atoms with van der Waals surface area (Å²) >= 11 is 0. The van der Waals surface area contributed by atoms with E-state index in [4.69, 9.17) is 4.55 Å². The van der Waals surface area contributed by atoms with Crippen molar-refractivity contribution in [3.05, 3.63) is 24.0 Å². The van der Waals surface area contributed by atoms with Crippen LogP contribution >= 0.6 is 0 Å². The van der Waals surface area contributed by atoms with Crippen LogP contribution in [0.2, 0.25) is 0 Å². The molecule has 0 unspecified atom stereocenters. The molecule has 0 saturated carbocycles. The van der Waals surface area contributed by atoms with Gasteiger partial charge in [-0.1, -0.05) is 13.8 Å². The van der Waals surface area contributed by atoms with Crippen LogP contribution in [0.3, 0.4) is 0 Å². The molecule has 5 heteroatoms. The minimum Gasteiger partial charge on any atom is -0.354 e. The second-order valence-electron chi connectivity index (χ2n) is 3.34. The van der Waals surface area contributed by atoms with E-state index in [2.05, 4.69) is 36.9 Å². The lowest BCUT2D eigenvalue weighted by molar-refractivity contribution is 0.490. The number of hydrogen-bond acceptors (Lipinski definition) is 2. The lowest BCUT2D eigenvalue weighted by Crippen LogP contribution is -1.90. The Bertz CT molecular complexity index is 360. The van der Waals surface area contributed by atoms with E-state index in [1.54, 1.807) is 0 Å². The third-order valence-electron chi connectivity index (χ3n) is 1.70. The topological polar surface area (TPSA) is 59.3 Å². The quantitative estimate of drug-likeness (QED) is 0.812. The highest BCUT2D eigenvalue weighted by molar-refractivity contribution is 7.85. The van der Waals surface area contributed by atoms with Gasteiger partial charge in [-0.2, -0.15) is 8.42 Å². The maximum absolute atomic E-state index is 9.19. The van der Waals surface area contributed by atoms with Crippen LogP contribution in [0.5, 0.6) is 0 Å². The van der Waals surface area contributed by atoms with E-state index in [1.165, 1.54) is 12.0 Å². The first-order valence-corrected chi connectivity index (χ1v) is 6.78. The van der Waals surface area contributed by atoms with E-state index in [0.29, 0.717) is 6.26 Å². The lowest BCUT2D eigenvalue weighted by atomic mass is 10.3. The first-order valence-electron chi connectivity index (χ1n) is 4.94. The molecule has 0 aromatic carbocycles. The maximum Gasteiger partial charge on any atom is 0.261 e. The second kappa shape index (κ2) is 6.63. The van der Waals surface area contributed by atoms with Crippen LogP contribution in [0.25, 0.3) is 0 Å². The number of aromatic nitrogens is 1. The highest BCUT2D eigenvalue weighted by atomic mass is 32.2. The molecule has 15 heavy (non-hydrogen) atoms. The molecule has 0 saturated heterocycles. The molecule has 1 aromatic heterocycles. The Balaban J connectivity index is 0.000000336.